The van der Waals surface area contributed by atoms with Gasteiger partial charge in [0.1, 0.15) is 17.6 Å². The first-order valence-corrected chi connectivity index (χ1v) is 6.52. The second-order valence-corrected chi connectivity index (χ2v) is 5.05. The monoisotopic (exact) mass is 257 g/mol. The summed E-state index contributed by atoms with van der Waals surface area (Å²) in [5, 5.41) is 12.1. The maximum Gasteiger partial charge on any atom is 0.218 e. The summed E-state index contributed by atoms with van der Waals surface area (Å²) < 4.78 is 5.61. The van der Waals surface area contributed by atoms with E-state index in [4.69, 9.17) is 10.00 Å². The van der Waals surface area contributed by atoms with Crippen LogP contribution in [0.4, 0.5) is 0 Å². The van der Waals surface area contributed by atoms with Crippen LogP contribution in [0.2, 0.25) is 0 Å². The van der Waals surface area contributed by atoms with Crippen LogP contribution >= 0.6 is 11.3 Å². The van der Waals surface area contributed by atoms with Crippen LogP contribution in [0.15, 0.2) is 24.3 Å². The first-order chi connectivity index (χ1) is 8.86. The largest absolute Gasteiger partial charge is 0.476 e. The number of ether oxygens (including phenoxy) is 1. The van der Waals surface area contributed by atoms with Crippen LogP contribution in [-0.4, -0.2) is 18.1 Å². The van der Waals surface area contributed by atoms with Gasteiger partial charge in [-0.2, -0.15) is 5.26 Å². The number of thiophene rings is 1. The normalized spacial score (nSPS) is 14.2. The van der Waals surface area contributed by atoms with Gasteiger partial charge in [-0.05, 0) is 18.2 Å². The van der Waals surface area contributed by atoms with Gasteiger partial charge in [-0.1, -0.05) is 6.07 Å². The molecule has 3 heterocycles. The third kappa shape index (κ3) is 2.08. The lowest BCUT2D eigenvalue weighted by Crippen LogP contribution is -2.16. The number of hydrogen-bond donors (Lipinski definition) is 1. The Kier molecular flexibility index (Phi) is 2.97. The van der Waals surface area contributed by atoms with Crippen LogP contribution in [0.5, 0.6) is 5.88 Å². The lowest BCUT2D eigenvalue weighted by atomic mass is 10.2. The van der Waals surface area contributed by atoms with Crippen LogP contribution < -0.4 is 10.1 Å². The molecule has 5 heteroatoms. The molecule has 0 aromatic carbocycles. The van der Waals surface area contributed by atoms with Crippen molar-refractivity contribution in [1.82, 2.24) is 10.3 Å². The molecule has 0 amide bonds. The van der Waals surface area contributed by atoms with Crippen molar-refractivity contribution in [2.75, 3.05) is 13.2 Å². The minimum atomic E-state index is 0.636. The van der Waals surface area contributed by atoms with E-state index in [1.165, 1.54) is 11.3 Å². The minimum Gasteiger partial charge on any atom is -0.476 e. The summed E-state index contributed by atoms with van der Waals surface area (Å²) in [6.45, 7) is 2.26. The van der Waals surface area contributed by atoms with E-state index in [0.717, 1.165) is 29.2 Å². The summed E-state index contributed by atoms with van der Waals surface area (Å²) in [7, 11) is 0. The predicted octanol–water partition coefficient (Wildman–Crippen LogP) is 2.16. The highest BCUT2D eigenvalue weighted by Crippen LogP contribution is 2.29. The van der Waals surface area contributed by atoms with E-state index in [-0.39, 0.29) is 0 Å². The number of rotatable bonds is 1. The average Bonchev–Trinajstić information content (AvgIpc) is 2.76. The standard InChI is InChI=1S/C13H11N3OS/c14-7-10-2-4-12(18-10)11-3-1-9-8-15-5-6-17-13(9)16-11/h1-4,15H,5-6,8H2. The van der Waals surface area contributed by atoms with Crippen molar-refractivity contribution in [3.05, 3.63) is 34.7 Å². The summed E-state index contributed by atoms with van der Waals surface area (Å²) in [5.41, 5.74) is 1.94. The lowest BCUT2D eigenvalue weighted by molar-refractivity contribution is 0.314. The van der Waals surface area contributed by atoms with E-state index in [1.54, 1.807) is 0 Å². The number of fused-ring (bicyclic) bond motifs is 1. The van der Waals surface area contributed by atoms with Gasteiger partial charge in [-0.25, -0.2) is 4.98 Å². The molecule has 0 saturated carbocycles. The van der Waals surface area contributed by atoms with Gasteiger partial charge >= 0.3 is 0 Å². The van der Waals surface area contributed by atoms with Crippen LogP contribution in [0, 0.1) is 11.3 Å². The molecular weight excluding hydrogens is 246 g/mol. The first-order valence-electron chi connectivity index (χ1n) is 5.70. The summed E-state index contributed by atoms with van der Waals surface area (Å²) in [6, 6.07) is 9.88. The van der Waals surface area contributed by atoms with Crippen molar-refractivity contribution in [3.8, 4) is 22.5 Å². The zero-order valence-corrected chi connectivity index (χ0v) is 10.5. The molecule has 0 saturated heterocycles. The van der Waals surface area contributed by atoms with Crippen molar-refractivity contribution >= 4 is 11.3 Å². The SMILES string of the molecule is N#Cc1ccc(-c2ccc3c(n2)OCCNC3)s1. The molecule has 90 valence electrons. The summed E-state index contributed by atoms with van der Waals surface area (Å²) in [4.78, 5) is 6.22. The Hall–Kier alpha value is -1.90. The molecule has 0 radical (unpaired) electrons. The maximum absolute atomic E-state index is 8.83. The number of nitrogens with zero attached hydrogens (tertiary/aromatic N) is 2. The fourth-order valence-electron chi connectivity index (χ4n) is 1.84. The second-order valence-electron chi connectivity index (χ2n) is 3.96. The molecule has 1 aliphatic rings. The van der Waals surface area contributed by atoms with E-state index >= 15 is 0 Å². The molecule has 0 fully saturated rings. The topological polar surface area (TPSA) is 57.9 Å². The van der Waals surface area contributed by atoms with Gasteiger partial charge in [0, 0.05) is 18.7 Å². The van der Waals surface area contributed by atoms with Crippen LogP contribution in [0.25, 0.3) is 10.6 Å². The van der Waals surface area contributed by atoms with Gasteiger partial charge < -0.3 is 10.1 Å². The Morgan fingerprint density at radius 1 is 1.33 bits per heavy atom. The molecule has 4 nitrogen and oxygen atoms in total. The number of nitrogens with one attached hydrogen (secondary N) is 1. The summed E-state index contributed by atoms with van der Waals surface area (Å²) in [5.74, 6) is 0.699. The van der Waals surface area contributed by atoms with Crippen molar-refractivity contribution in [2.24, 2.45) is 0 Å². The van der Waals surface area contributed by atoms with Gasteiger partial charge in [-0.3, -0.25) is 0 Å². The Morgan fingerprint density at radius 2 is 2.28 bits per heavy atom. The zero-order valence-electron chi connectivity index (χ0n) is 9.64. The van der Waals surface area contributed by atoms with E-state index in [9.17, 15) is 0 Å². The van der Waals surface area contributed by atoms with Crippen molar-refractivity contribution in [3.63, 3.8) is 0 Å². The van der Waals surface area contributed by atoms with Crippen LogP contribution in [0.1, 0.15) is 10.4 Å². The van der Waals surface area contributed by atoms with Gasteiger partial charge in [-0.15, -0.1) is 11.3 Å². The molecule has 0 bridgehead atoms. The third-order valence-corrected chi connectivity index (χ3v) is 3.75. The molecule has 1 aliphatic heterocycles. The molecule has 0 unspecified atom stereocenters. The van der Waals surface area contributed by atoms with Gasteiger partial charge in [0.25, 0.3) is 0 Å². The minimum absolute atomic E-state index is 0.636. The molecule has 0 spiro atoms. The van der Waals surface area contributed by atoms with E-state index < -0.39 is 0 Å². The van der Waals surface area contributed by atoms with Crippen molar-refractivity contribution in [1.29, 1.82) is 5.26 Å². The predicted molar refractivity (Wildman–Crippen MR) is 69.5 cm³/mol. The van der Waals surface area contributed by atoms with Gasteiger partial charge in [0.15, 0.2) is 0 Å². The Balaban J connectivity index is 1.98. The van der Waals surface area contributed by atoms with E-state index in [2.05, 4.69) is 16.4 Å². The van der Waals surface area contributed by atoms with Crippen LogP contribution in [-0.2, 0) is 6.54 Å². The molecule has 18 heavy (non-hydrogen) atoms. The van der Waals surface area contributed by atoms with E-state index in [0.29, 0.717) is 17.4 Å². The highest BCUT2D eigenvalue weighted by Gasteiger charge is 2.12. The fraction of sp³-hybridized carbons (Fsp3) is 0.231. The second kappa shape index (κ2) is 4.77. The molecule has 0 atom stereocenters. The van der Waals surface area contributed by atoms with Crippen molar-refractivity contribution < 1.29 is 4.74 Å². The van der Waals surface area contributed by atoms with Crippen molar-refractivity contribution in [2.45, 2.75) is 6.54 Å². The molecular formula is C13H11N3OS. The molecule has 0 aliphatic carbocycles. The summed E-state index contributed by atoms with van der Waals surface area (Å²) in [6.07, 6.45) is 0. The number of hydrogen-bond acceptors (Lipinski definition) is 5. The zero-order chi connectivity index (χ0) is 12.4. The highest BCUT2D eigenvalue weighted by atomic mass is 32.1. The number of aromatic nitrogens is 1. The fourth-order valence-corrected chi connectivity index (χ4v) is 2.62. The lowest BCUT2D eigenvalue weighted by Gasteiger charge is -2.06. The van der Waals surface area contributed by atoms with Crippen LogP contribution in [0.3, 0.4) is 0 Å². The summed E-state index contributed by atoms with van der Waals surface area (Å²) >= 11 is 1.45. The van der Waals surface area contributed by atoms with E-state index in [1.807, 2.05) is 24.3 Å². The molecule has 2 aromatic heterocycles. The Labute approximate surface area is 109 Å². The average molecular weight is 257 g/mol. The Morgan fingerprint density at radius 3 is 3.11 bits per heavy atom. The first kappa shape index (κ1) is 11.2. The number of pyridine rings is 1. The smallest absolute Gasteiger partial charge is 0.218 e. The molecule has 2 aromatic rings. The molecule has 1 N–H and O–H groups in total. The number of nitriles is 1. The Bertz CT molecular complexity index is 615. The quantitative estimate of drug-likeness (QED) is 0.850. The highest BCUT2D eigenvalue weighted by molar-refractivity contribution is 7.15. The third-order valence-electron chi connectivity index (χ3n) is 2.74. The molecule has 3 rings (SSSR count). The van der Waals surface area contributed by atoms with Gasteiger partial charge in [0.05, 0.1) is 10.6 Å². The maximum atomic E-state index is 8.83. The van der Waals surface area contributed by atoms with Gasteiger partial charge in [0.2, 0.25) is 5.88 Å².